The highest BCUT2D eigenvalue weighted by atomic mass is 79.9. The Bertz CT molecular complexity index is 635. The number of nitrogens with two attached hydrogens (primary N) is 1. The van der Waals surface area contributed by atoms with E-state index in [1.165, 1.54) is 0 Å². The van der Waals surface area contributed by atoms with Crippen LogP contribution in [0.15, 0.2) is 34.9 Å². The molecule has 0 radical (unpaired) electrons. The van der Waals surface area contributed by atoms with Crippen molar-refractivity contribution in [2.24, 2.45) is 5.73 Å². The zero-order valence-corrected chi connectivity index (χ0v) is 14.3. The van der Waals surface area contributed by atoms with Gasteiger partial charge in [0.2, 0.25) is 0 Å². The molecular weight excluding hydrogens is 350 g/mol. The molecule has 0 aliphatic carbocycles. The highest BCUT2D eigenvalue weighted by Crippen LogP contribution is 2.29. The topological polar surface area (TPSA) is 51.4 Å². The molecule has 2 N–H and O–H groups in total. The number of pyridine rings is 1. The molecule has 0 amide bonds. The van der Waals surface area contributed by atoms with Crippen molar-refractivity contribution in [1.82, 2.24) is 4.98 Å². The number of benzene rings is 1. The quantitative estimate of drug-likeness (QED) is 0.761. The van der Waals surface area contributed by atoms with E-state index in [2.05, 4.69) is 31.9 Å². The second-order valence-corrected chi connectivity index (χ2v) is 6.04. The first-order chi connectivity index (χ1) is 10.1. The molecule has 1 heterocycles. The zero-order chi connectivity index (χ0) is 15.2. The van der Waals surface area contributed by atoms with Crippen molar-refractivity contribution in [1.29, 1.82) is 0 Å². The van der Waals surface area contributed by atoms with Crippen molar-refractivity contribution in [2.45, 2.75) is 6.42 Å². The Balaban J connectivity index is 2.38. The Labute approximate surface area is 138 Å². The third kappa shape index (κ3) is 4.12. The van der Waals surface area contributed by atoms with Crippen molar-refractivity contribution < 1.29 is 4.74 Å². The number of thiocarbonyl (C=S) groups is 1. The van der Waals surface area contributed by atoms with Gasteiger partial charge in [0.25, 0.3) is 0 Å². The van der Waals surface area contributed by atoms with Crippen molar-refractivity contribution in [3.8, 4) is 0 Å². The number of nitrogens with zero attached hydrogens (tertiary/aromatic N) is 2. The van der Waals surface area contributed by atoms with E-state index >= 15 is 0 Å². The first-order valence-corrected chi connectivity index (χ1v) is 7.89. The molecule has 6 heteroatoms. The van der Waals surface area contributed by atoms with Gasteiger partial charge in [0.05, 0.1) is 11.6 Å². The number of hydrogen-bond acceptors (Lipinski definition) is 4. The molecule has 0 saturated carbocycles. The normalized spacial score (nSPS) is 10.8. The van der Waals surface area contributed by atoms with E-state index in [-0.39, 0.29) is 0 Å². The maximum Gasteiger partial charge on any atom is 0.136 e. The third-order valence-electron chi connectivity index (χ3n) is 3.22. The average Bonchev–Trinajstić information content (AvgIpc) is 2.47. The summed E-state index contributed by atoms with van der Waals surface area (Å²) >= 11 is 8.57. The summed E-state index contributed by atoms with van der Waals surface area (Å²) in [5.41, 5.74) is 5.63. The second kappa shape index (κ2) is 7.68. The average molecular weight is 368 g/mol. The molecule has 0 saturated heterocycles. The highest BCUT2D eigenvalue weighted by molar-refractivity contribution is 9.10. The minimum absolute atomic E-state index is 0.513. The van der Waals surface area contributed by atoms with Crippen LogP contribution < -0.4 is 10.6 Å². The Hall–Kier alpha value is -1.24. The van der Waals surface area contributed by atoms with Gasteiger partial charge in [-0.25, -0.2) is 4.98 Å². The molecule has 0 aliphatic heterocycles. The number of methoxy groups -OCH3 is 1. The predicted molar refractivity (Wildman–Crippen MR) is 94.9 cm³/mol. The standard InChI is InChI=1S/C15H18BrN3OS/c1-20-10-9-19(8-6-14(17)21)15-12-3-2-4-13(16)11(12)5-7-18-15/h2-5,7H,6,8-10H2,1H3,(H2,17,21). The largest absolute Gasteiger partial charge is 0.393 e. The first kappa shape index (κ1) is 16.1. The molecule has 4 nitrogen and oxygen atoms in total. The van der Waals surface area contributed by atoms with Gasteiger partial charge in [-0.1, -0.05) is 40.3 Å². The molecule has 0 fully saturated rings. The minimum Gasteiger partial charge on any atom is -0.393 e. The first-order valence-electron chi connectivity index (χ1n) is 6.69. The Morgan fingerprint density at radius 1 is 1.33 bits per heavy atom. The third-order valence-corrected chi connectivity index (χ3v) is 4.12. The highest BCUT2D eigenvalue weighted by Gasteiger charge is 2.12. The molecular formula is C15H18BrN3OS. The van der Waals surface area contributed by atoms with Gasteiger partial charge in [-0.05, 0) is 12.1 Å². The number of halogens is 1. The summed E-state index contributed by atoms with van der Waals surface area (Å²) in [6.45, 7) is 2.11. The van der Waals surface area contributed by atoms with E-state index in [9.17, 15) is 0 Å². The van der Waals surface area contributed by atoms with Crippen LogP contribution in [0, 0.1) is 0 Å². The lowest BCUT2D eigenvalue weighted by Crippen LogP contribution is -2.31. The van der Waals surface area contributed by atoms with Crippen LogP contribution in [0.4, 0.5) is 5.82 Å². The molecule has 1 aromatic heterocycles. The van der Waals surface area contributed by atoms with Gasteiger partial charge in [-0.15, -0.1) is 0 Å². The Morgan fingerprint density at radius 3 is 2.86 bits per heavy atom. The van der Waals surface area contributed by atoms with E-state index in [1.807, 2.05) is 24.4 Å². The SMILES string of the molecule is COCCN(CCC(N)=S)c1nccc2c(Br)cccc12. The summed E-state index contributed by atoms with van der Waals surface area (Å²) in [4.78, 5) is 7.22. The molecule has 0 aliphatic rings. The zero-order valence-electron chi connectivity index (χ0n) is 11.9. The number of anilines is 1. The van der Waals surface area contributed by atoms with E-state index in [4.69, 9.17) is 22.7 Å². The molecule has 1 aromatic carbocycles. The molecule has 0 unspecified atom stereocenters. The lowest BCUT2D eigenvalue weighted by atomic mass is 10.1. The summed E-state index contributed by atoms with van der Waals surface area (Å²) in [5.74, 6) is 0.933. The molecule has 0 atom stereocenters. The number of aromatic nitrogens is 1. The second-order valence-electron chi connectivity index (χ2n) is 4.67. The van der Waals surface area contributed by atoms with Gasteiger partial charge >= 0.3 is 0 Å². The van der Waals surface area contributed by atoms with Crippen LogP contribution in [0.5, 0.6) is 0 Å². The van der Waals surface area contributed by atoms with Crippen LogP contribution in [0.2, 0.25) is 0 Å². The Kier molecular flexibility index (Phi) is 5.90. The van der Waals surface area contributed by atoms with E-state index in [0.717, 1.165) is 34.2 Å². The number of hydrogen-bond donors (Lipinski definition) is 1. The maximum absolute atomic E-state index is 5.63. The van der Waals surface area contributed by atoms with E-state index < -0.39 is 0 Å². The van der Waals surface area contributed by atoms with E-state index in [0.29, 0.717) is 18.0 Å². The van der Waals surface area contributed by atoms with Crippen LogP contribution in [0.3, 0.4) is 0 Å². The van der Waals surface area contributed by atoms with Crippen LogP contribution in [0.25, 0.3) is 10.8 Å². The molecule has 0 spiro atoms. The van der Waals surface area contributed by atoms with Gasteiger partial charge in [-0.3, -0.25) is 0 Å². The summed E-state index contributed by atoms with van der Waals surface area (Å²) in [6, 6.07) is 8.12. The molecule has 2 rings (SSSR count). The monoisotopic (exact) mass is 367 g/mol. The summed E-state index contributed by atoms with van der Waals surface area (Å²) < 4.78 is 6.25. The van der Waals surface area contributed by atoms with Crippen LogP contribution in [0.1, 0.15) is 6.42 Å². The smallest absolute Gasteiger partial charge is 0.136 e. The number of ether oxygens (including phenoxy) is 1. The summed E-state index contributed by atoms with van der Waals surface area (Å²) in [6.07, 6.45) is 2.48. The number of fused-ring (bicyclic) bond motifs is 1. The number of rotatable bonds is 7. The van der Waals surface area contributed by atoms with Crippen molar-refractivity contribution in [3.05, 3.63) is 34.9 Å². The fourth-order valence-corrected chi connectivity index (χ4v) is 2.77. The van der Waals surface area contributed by atoms with Crippen LogP contribution in [-0.4, -0.2) is 36.8 Å². The summed E-state index contributed by atoms with van der Waals surface area (Å²) in [7, 11) is 1.69. The predicted octanol–water partition coefficient (Wildman–Crippen LogP) is 3.13. The van der Waals surface area contributed by atoms with E-state index in [1.54, 1.807) is 7.11 Å². The molecule has 0 bridgehead atoms. The van der Waals surface area contributed by atoms with Crippen molar-refractivity contribution in [2.75, 3.05) is 31.7 Å². The van der Waals surface area contributed by atoms with Crippen molar-refractivity contribution >= 4 is 49.7 Å². The fourth-order valence-electron chi connectivity index (χ4n) is 2.18. The van der Waals surface area contributed by atoms with Gasteiger partial charge in [0, 0.05) is 48.1 Å². The maximum atomic E-state index is 5.63. The van der Waals surface area contributed by atoms with Crippen molar-refractivity contribution in [3.63, 3.8) is 0 Å². The molecule has 112 valence electrons. The lowest BCUT2D eigenvalue weighted by molar-refractivity contribution is 0.205. The van der Waals surface area contributed by atoms with Crippen LogP contribution >= 0.6 is 28.1 Å². The van der Waals surface area contributed by atoms with Gasteiger partial charge < -0.3 is 15.4 Å². The van der Waals surface area contributed by atoms with Gasteiger partial charge in [0.1, 0.15) is 5.82 Å². The molecule has 2 aromatic rings. The minimum atomic E-state index is 0.513. The Morgan fingerprint density at radius 2 is 2.14 bits per heavy atom. The lowest BCUT2D eigenvalue weighted by Gasteiger charge is -2.24. The fraction of sp³-hybridized carbons (Fsp3) is 0.333. The summed E-state index contributed by atoms with van der Waals surface area (Å²) in [5, 5.41) is 2.24. The molecule has 21 heavy (non-hydrogen) atoms. The van der Waals surface area contributed by atoms with Gasteiger partial charge in [-0.2, -0.15) is 0 Å². The van der Waals surface area contributed by atoms with Crippen LogP contribution in [-0.2, 0) is 4.74 Å². The van der Waals surface area contributed by atoms with Gasteiger partial charge in [0.15, 0.2) is 0 Å².